The molecule has 3 aromatic rings. The monoisotopic (exact) mass is 372 g/mol. The van der Waals surface area contributed by atoms with Gasteiger partial charge in [-0.25, -0.2) is 0 Å². The second-order valence-corrected chi connectivity index (χ2v) is 6.95. The highest BCUT2D eigenvalue weighted by molar-refractivity contribution is 7.98. The van der Waals surface area contributed by atoms with Crippen molar-refractivity contribution in [3.8, 4) is 0 Å². The lowest BCUT2D eigenvalue weighted by Gasteiger charge is -2.11. The number of aryl methyl sites for hydroxylation is 2. The number of rotatable bonds is 5. The highest BCUT2D eigenvalue weighted by Crippen LogP contribution is 2.30. The van der Waals surface area contributed by atoms with Crippen molar-refractivity contribution in [1.29, 1.82) is 0 Å². The zero-order valence-electron chi connectivity index (χ0n) is 13.9. The average Bonchev–Trinajstić information content (AvgIpc) is 2.93. The van der Waals surface area contributed by atoms with Crippen LogP contribution in [0.2, 0.25) is 5.02 Å². The van der Waals surface area contributed by atoms with Crippen LogP contribution in [0, 0.1) is 13.8 Å². The SMILES string of the molecule is Cc1noc(C)c1CSc1ccccc1C(=O)Nc1ccccc1Cl. The molecule has 0 fully saturated rings. The maximum atomic E-state index is 12.7. The molecule has 25 heavy (non-hydrogen) atoms. The summed E-state index contributed by atoms with van der Waals surface area (Å²) in [5.41, 5.74) is 3.15. The molecule has 6 heteroatoms. The van der Waals surface area contributed by atoms with E-state index in [1.807, 2.05) is 50.2 Å². The lowest BCUT2D eigenvalue weighted by molar-refractivity contribution is 0.102. The molecule has 0 bridgehead atoms. The van der Waals surface area contributed by atoms with Crippen LogP contribution in [0.4, 0.5) is 5.69 Å². The van der Waals surface area contributed by atoms with Gasteiger partial charge in [0.2, 0.25) is 0 Å². The van der Waals surface area contributed by atoms with E-state index in [-0.39, 0.29) is 5.91 Å². The van der Waals surface area contributed by atoms with Gasteiger partial charge in [-0.15, -0.1) is 11.8 Å². The summed E-state index contributed by atoms with van der Waals surface area (Å²) in [5, 5.41) is 7.35. The van der Waals surface area contributed by atoms with E-state index >= 15 is 0 Å². The Kier molecular flexibility index (Phi) is 5.46. The third-order valence-electron chi connectivity index (χ3n) is 3.81. The number of para-hydroxylation sites is 1. The van der Waals surface area contributed by atoms with Crippen molar-refractivity contribution in [1.82, 2.24) is 5.16 Å². The second kappa shape index (κ2) is 7.76. The fourth-order valence-corrected chi connectivity index (χ4v) is 3.78. The Labute approximate surface area is 155 Å². The summed E-state index contributed by atoms with van der Waals surface area (Å²) in [7, 11) is 0. The fourth-order valence-electron chi connectivity index (χ4n) is 2.39. The van der Waals surface area contributed by atoms with Gasteiger partial charge in [-0.1, -0.05) is 41.0 Å². The second-order valence-electron chi connectivity index (χ2n) is 5.52. The Balaban J connectivity index is 1.79. The number of halogens is 1. The van der Waals surface area contributed by atoms with E-state index in [1.165, 1.54) is 0 Å². The molecule has 0 aliphatic carbocycles. The van der Waals surface area contributed by atoms with E-state index in [9.17, 15) is 4.79 Å². The third-order valence-corrected chi connectivity index (χ3v) is 5.24. The first-order chi connectivity index (χ1) is 12.1. The minimum Gasteiger partial charge on any atom is -0.361 e. The van der Waals surface area contributed by atoms with Crippen LogP contribution in [0.15, 0.2) is 57.9 Å². The summed E-state index contributed by atoms with van der Waals surface area (Å²) >= 11 is 7.70. The van der Waals surface area contributed by atoms with E-state index < -0.39 is 0 Å². The molecular weight excluding hydrogens is 356 g/mol. The van der Waals surface area contributed by atoms with Gasteiger partial charge in [-0.3, -0.25) is 4.79 Å². The minimum atomic E-state index is -0.185. The average molecular weight is 373 g/mol. The first-order valence-corrected chi connectivity index (χ1v) is 9.12. The predicted molar refractivity (Wildman–Crippen MR) is 101 cm³/mol. The first kappa shape index (κ1) is 17.6. The van der Waals surface area contributed by atoms with E-state index in [4.69, 9.17) is 16.1 Å². The van der Waals surface area contributed by atoms with Crippen LogP contribution >= 0.6 is 23.4 Å². The Bertz CT molecular complexity index is 888. The molecule has 1 amide bonds. The van der Waals surface area contributed by atoms with Crippen LogP contribution in [-0.2, 0) is 5.75 Å². The van der Waals surface area contributed by atoms with Crippen molar-refractivity contribution in [2.24, 2.45) is 0 Å². The molecule has 2 aromatic carbocycles. The molecule has 0 aliphatic rings. The molecule has 0 spiro atoms. The molecule has 1 aromatic heterocycles. The zero-order chi connectivity index (χ0) is 17.8. The van der Waals surface area contributed by atoms with Crippen LogP contribution in [0.1, 0.15) is 27.4 Å². The summed E-state index contributed by atoms with van der Waals surface area (Å²) in [6.07, 6.45) is 0. The van der Waals surface area contributed by atoms with Gasteiger partial charge in [0.25, 0.3) is 5.91 Å². The number of thioether (sulfide) groups is 1. The number of nitrogens with zero attached hydrogens (tertiary/aromatic N) is 1. The number of carbonyl (C=O) groups excluding carboxylic acids is 1. The van der Waals surface area contributed by atoms with Gasteiger partial charge in [-0.2, -0.15) is 0 Å². The van der Waals surface area contributed by atoms with Crippen molar-refractivity contribution in [2.75, 3.05) is 5.32 Å². The normalized spacial score (nSPS) is 10.7. The smallest absolute Gasteiger partial charge is 0.256 e. The van der Waals surface area contributed by atoms with E-state index in [0.717, 1.165) is 21.9 Å². The third kappa shape index (κ3) is 4.06. The summed E-state index contributed by atoms with van der Waals surface area (Å²) in [6.45, 7) is 3.81. The predicted octanol–water partition coefficient (Wildman–Crippen LogP) is 5.49. The summed E-state index contributed by atoms with van der Waals surface area (Å²) in [6, 6.07) is 14.7. The fraction of sp³-hybridized carbons (Fsp3) is 0.158. The number of carbonyl (C=O) groups is 1. The van der Waals surface area contributed by atoms with Gasteiger partial charge in [0, 0.05) is 16.2 Å². The standard InChI is InChI=1S/C19H17ClN2O2S/c1-12-15(13(2)24-22-12)11-25-18-10-6-3-7-14(18)19(23)21-17-9-5-4-8-16(17)20/h3-10H,11H2,1-2H3,(H,21,23). The highest BCUT2D eigenvalue weighted by Gasteiger charge is 2.15. The number of hydrogen-bond donors (Lipinski definition) is 1. The largest absolute Gasteiger partial charge is 0.361 e. The maximum absolute atomic E-state index is 12.7. The number of benzene rings is 2. The molecule has 1 N–H and O–H groups in total. The molecule has 1 heterocycles. The lowest BCUT2D eigenvalue weighted by atomic mass is 10.2. The Morgan fingerprint density at radius 2 is 1.88 bits per heavy atom. The molecule has 0 atom stereocenters. The number of amides is 1. The van der Waals surface area contributed by atoms with Gasteiger partial charge in [0.05, 0.1) is 22.0 Å². The molecule has 0 saturated heterocycles. The van der Waals surface area contributed by atoms with E-state index in [2.05, 4.69) is 10.5 Å². The minimum absolute atomic E-state index is 0.185. The molecular formula is C19H17ClN2O2S. The van der Waals surface area contributed by atoms with Crippen molar-refractivity contribution >= 4 is 35.0 Å². The van der Waals surface area contributed by atoms with Crippen molar-refractivity contribution in [2.45, 2.75) is 24.5 Å². The van der Waals surface area contributed by atoms with Gasteiger partial charge in [0.1, 0.15) is 5.76 Å². The lowest BCUT2D eigenvalue weighted by Crippen LogP contribution is -2.13. The van der Waals surface area contributed by atoms with Crippen LogP contribution in [0.5, 0.6) is 0 Å². The van der Waals surface area contributed by atoms with Crippen molar-refractivity contribution in [3.63, 3.8) is 0 Å². The summed E-state index contributed by atoms with van der Waals surface area (Å²) in [4.78, 5) is 13.6. The number of aromatic nitrogens is 1. The van der Waals surface area contributed by atoms with Crippen LogP contribution in [0.3, 0.4) is 0 Å². The van der Waals surface area contributed by atoms with Gasteiger partial charge >= 0.3 is 0 Å². The topological polar surface area (TPSA) is 55.1 Å². The highest BCUT2D eigenvalue weighted by atomic mass is 35.5. The summed E-state index contributed by atoms with van der Waals surface area (Å²) in [5.74, 6) is 1.32. The Hall–Kier alpha value is -2.24. The molecule has 0 radical (unpaired) electrons. The van der Waals surface area contributed by atoms with Crippen molar-refractivity contribution in [3.05, 3.63) is 76.1 Å². The van der Waals surface area contributed by atoms with Crippen molar-refractivity contribution < 1.29 is 9.32 Å². The number of anilines is 1. The van der Waals surface area contributed by atoms with Crippen LogP contribution in [0.25, 0.3) is 0 Å². The molecule has 4 nitrogen and oxygen atoms in total. The molecule has 0 saturated carbocycles. The first-order valence-electron chi connectivity index (χ1n) is 7.75. The molecule has 128 valence electrons. The molecule has 3 rings (SSSR count). The number of hydrogen-bond acceptors (Lipinski definition) is 4. The van der Waals surface area contributed by atoms with E-state index in [0.29, 0.717) is 22.0 Å². The van der Waals surface area contributed by atoms with Gasteiger partial charge < -0.3 is 9.84 Å². The summed E-state index contributed by atoms with van der Waals surface area (Å²) < 4.78 is 5.20. The van der Waals surface area contributed by atoms with E-state index in [1.54, 1.807) is 23.9 Å². The zero-order valence-corrected chi connectivity index (χ0v) is 15.4. The Morgan fingerprint density at radius 1 is 1.16 bits per heavy atom. The van der Waals surface area contributed by atoms with Gasteiger partial charge in [-0.05, 0) is 38.1 Å². The number of nitrogens with one attached hydrogen (secondary N) is 1. The maximum Gasteiger partial charge on any atom is 0.256 e. The quantitative estimate of drug-likeness (QED) is 0.601. The molecule has 0 unspecified atom stereocenters. The Morgan fingerprint density at radius 3 is 2.60 bits per heavy atom. The van der Waals surface area contributed by atoms with Crippen LogP contribution in [-0.4, -0.2) is 11.1 Å². The van der Waals surface area contributed by atoms with Gasteiger partial charge in [0.15, 0.2) is 0 Å². The molecule has 0 aliphatic heterocycles. The van der Waals surface area contributed by atoms with Crippen LogP contribution < -0.4 is 5.32 Å².